The van der Waals surface area contributed by atoms with E-state index in [0.717, 1.165) is 17.5 Å². The van der Waals surface area contributed by atoms with Crippen LogP contribution in [0, 0.1) is 6.92 Å². The molecule has 4 nitrogen and oxygen atoms in total. The Morgan fingerprint density at radius 1 is 0.769 bits per heavy atom. The molecular formula is C21H21O4P. The summed E-state index contributed by atoms with van der Waals surface area (Å²) in [5, 5.41) is 0. The third-order valence-electron chi connectivity index (χ3n) is 3.73. The molecular weight excluding hydrogens is 347 g/mol. The first kappa shape index (κ1) is 18.1. The van der Waals surface area contributed by atoms with Gasteiger partial charge in [0.1, 0.15) is 17.2 Å². The summed E-state index contributed by atoms with van der Waals surface area (Å²) in [7, 11) is -3.94. The molecule has 134 valence electrons. The van der Waals surface area contributed by atoms with E-state index < -0.39 is 7.82 Å². The zero-order valence-corrected chi connectivity index (χ0v) is 15.7. The number of aryl methyl sites for hydroxylation is 2. The van der Waals surface area contributed by atoms with Gasteiger partial charge >= 0.3 is 7.82 Å². The molecule has 5 heteroatoms. The molecule has 3 aromatic rings. The molecule has 0 aliphatic heterocycles. The van der Waals surface area contributed by atoms with Gasteiger partial charge in [0.2, 0.25) is 0 Å². The molecule has 0 N–H and O–H groups in total. The summed E-state index contributed by atoms with van der Waals surface area (Å²) < 4.78 is 30.5. The van der Waals surface area contributed by atoms with Gasteiger partial charge in [0, 0.05) is 0 Å². The standard InChI is InChI=1S/C21H21O4P/c1-3-18-16-17(2)14-15-21(18)25-26(22,23-19-10-6-4-7-11-19)24-20-12-8-5-9-13-20/h4-16H,3H2,1-2H3. The molecule has 3 rings (SSSR count). The van der Waals surface area contributed by atoms with Crippen molar-refractivity contribution >= 4 is 7.82 Å². The minimum atomic E-state index is -3.94. The van der Waals surface area contributed by atoms with Crippen molar-refractivity contribution in [2.45, 2.75) is 20.3 Å². The lowest BCUT2D eigenvalue weighted by Crippen LogP contribution is -2.08. The second kappa shape index (κ2) is 8.11. The first-order valence-corrected chi connectivity index (χ1v) is 9.92. The molecule has 0 amide bonds. The molecule has 0 saturated carbocycles. The predicted molar refractivity (Wildman–Crippen MR) is 103 cm³/mol. The van der Waals surface area contributed by atoms with Crippen LogP contribution in [0.25, 0.3) is 0 Å². The monoisotopic (exact) mass is 368 g/mol. The number of para-hydroxylation sites is 2. The molecule has 3 aromatic carbocycles. The SMILES string of the molecule is CCc1cc(C)ccc1OP(=O)(Oc1ccccc1)Oc1ccccc1. The summed E-state index contributed by atoms with van der Waals surface area (Å²) in [6, 6.07) is 23.4. The molecule has 0 aliphatic carbocycles. The van der Waals surface area contributed by atoms with Gasteiger partial charge in [0.05, 0.1) is 0 Å². The maximum absolute atomic E-state index is 13.4. The first-order valence-electron chi connectivity index (χ1n) is 8.46. The van der Waals surface area contributed by atoms with Crippen molar-refractivity contribution in [1.29, 1.82) is 0 Å². The van der Waals surface area contributed by atoms with Crippen LogP contribution < -0.4 is 13.6 Å². The van der Waals surface area contributed by atoms with Crippen molar-refractivity contribution in [2.75, 3.05) is 0 Å². The Bertz CT molecular complexity index is 849. The number of rotatable bonds is 7. The van der Waals surface area contributed by atoms with Gasteiger partial charge in [-0.05, 0) is 49.2 Å². The van der Waals surface area contributed by atoms with Gasteiger partial charge < -0.3 is 13.6 Å². The van der Waals surface area contributed by atoms with E-state index in [-0.39, 0.29) is 0 Å². The highest BCUT2D eigenvalue weighted by Crippen LogP contribution is 2.50. The average Bonchev–Trinajstić information content (AvgIpc) is 2.64. The van der Waals surface area contributed by atoms with Crippen molar-refractivity contribution in [2.24, 2.45) is 0 Å². The van der Waals surface area contributed by atoms with Crippen molar-refractivity contribution in [1.82, 2.24) is 0 Å². The van der Waals surface area contributed by atoms with Crippen LogP contribution in [0.3, 0.4) is 0 Å². The summed E-state index contributed by atoms with van der Waals surface area (Å²) in [5.74, 6) is 1.32. The van der Waals surface area contributed by atoms with Gasteiger partial charge in [0.25, 0.3) is 0 Å². The highest BCUT2D eigenvalue weighted by molar-refractivity contribution is 7.49. The molecule has 0 radical (unpaired) electrons. The summed E-state index contributed by atoms with van der Waals surface area (Å²) in [5.41, 5.74) is 2.05. The van der Waals surface area contributed by atoms with E-state index in [1.165, 1.54) is 0 Å². The lowest BCUT2D eigenvalue weighted by molar-refractivity contribution is 0.297. The number of phosphoric acid groups is 1. The normalized spacial score (nSPS) is 11.0. The van der Waals surface area contributed by atoms with Gasteiger partial charge in [-0.3, -0.25) is 0 Å². The van der Waals surface area contributed by atoms with Crippen LogP contribution in [0.4, 0.5) is 0 Å². The Morgan fingerprint density at radius 2 is 1.31 bits per heavy atom. The second-order valence-electron chi connectivity index (χ2n) is 5.81. The van der Waals surface area contributed by atoms with Gasteiger partial charge in [-0.25, -0.2) is 0 Å². The largest absolute Gasteiger partial charge is 0.647 e. The fraction of sp³-hybridized carbons (Fsp3) is 0.143. The first-order chi connectivity index (χ1) is 12.6. The van der Waals surface area contributed by atoms with E-state index in [1.54, 1.807) is 54.6 Å². The fourth-order valence-electron chi connectivity index (χ4n) is 2.47. The molecule has 0 heterocycles. The maximum Gasteiger partial charge on any atom is 0.647 e. The molecule has 0 unspecified atom stereocenters. The van der Waals surface area contributed by atoms with E-state index in [9.17, 15) is 4.57 Å². The molecule has 0 aromatic heterocycles. The van der Waals surface area contributed by atoms with Crippen LogP contribution in [0.5, 0.6) is 17.2 Å². The molecule has 0 spiro atoms. The summed E-state index contributed by atoms with van der Waals surface area (Å²) in [6.07, 6.45) is 0.744. The number of phosphoric ester groups is 1. The van der Waals surface area contributed by atoms with Gasteiger partial charge in [-0.15, -0.1) is 0 Å². The van der Waals surface area contributed by atoms with E-state index in [2.05, 4.69) is 0 Å². The van der Waals surface area contributed by atoms with Crippen molar-refractivity contribution in [3.63, 3.8) is 0 Å². The van der Waals surface area contributed by atoms with Gasteiger partial charge in [0.15, 0.2) is 0 Å². The van der Waals surface area contributed by atoms with Crippen LogP contribution in [-0.4, -0.2) is 0 Å². The predicted octanol–water partition coefficient (Wildman–Crippen LogP) is 6.20. The van der Waals surface area contributed by atoms with Crippen molar-refractivity contribution < 1.29 is 18.1 Å². The van der Waals surface area contributed by atoms with E-state index in [0.29, 0.717) is 17.2 Å². The molecule has 0 atom stereocenters. The Morgan fingerprint density at radius 3 is 1.81 bits per heavy atom. The minimum Gasteiger partial charge on any atom is -0.386 e. The fourth-order valence-corrected chi connectivity index (χ4v) is 3.76. The van der Waals surface area contributed by atoms with Crippen LogP contribution in [0.2, 0.25) is 0 Å². The Hall–Kier alpha value is -2.71. The third-order valence-corrected chi connectivity index (χ3v) is 5.02. The van der Waals surface area contributed by atoms with E-state index in [4.69, 9.17) is 13.6 Å². The summed E-state index contributed by atoms with van der Waals surface area (Å²) in [4.78, 5) is 0. The highest BCUT2D eigenvalue weighted by Gasteiger charge is 2.33. The van der Waals surface area contributed by atoms with E-state index >= 15 is 0 Å². The number of benzene rings is 3. The summed E-state index contributed by atoms with van der Waals surface area (Å²) in [6.45, 7) is 4.02. The Labute approximate surface area is 154 Å². The van der Waals surface area contributed by atoms with Crippen LogP contribution in [0.1, 0.15) is 18.1 Å². The molecule has 26 heavy (non-hydrogen) atoms. The second-order valence-corrected chi connectivity index (χ2v) is 7.25. The number of hydrogen-bond donors (Lipinski definition) is 0. The molecule has 0 fully saturated rings. The Kier molecular flexibility index (Phi) is 5.65. The molecule has 0 aliphatic rings. The van der Waals surface area contributed by atoms with Gasteiger partial charge in [-0.1, -0.05) is 61.0 Å². The minimum absolute atomic E-state index is 0.414. The molecule has 0 bridgehead atoms. The zero-order chi connectivity index (χ0) is 18.4. The smallest absolute Gasteiger partial charge is 0.386 e. The quantitative estimate of drug-likeness (QED) is 0.466. The third kappa shape index (κ3) is 4.68. The maximum atomic E-state index is 13.4. The van der Waals surface area contributed by atoms with Crippen molar-refractivity contribution in [3.05, 3.63) is 90.0 Å². The van der Waals surface area contributed by atoms with Crippen molar-refractivity contribution in [3.8, 4) is 17.2 Å². The van der Waals surface area contributed by atoms with Crippen LogP contribution in [-0.2, 0) is 11.0 Å². The number of hydrogen-bond acceptors (Lipinski definition) is 4. The van der Waals surface area contributed by atoms with E-state index in [1.807, 2.05) is 38.1 Å². The topological polar surface area (TPSA) is 44.8 Å². The lowest BCUT2D eigenvalue weighted by atomic mass is 10.1. The average molecular weight is 368 g/mol. The van der Waals surface area contributed by atoms with Crippen LogP contribution in [0.15, 0.2) is 78.9 Å². The highest BCUT2D eigenvalue weighted by atomic mass is 31.2. The van der Waals surface area contributed by atoms with Crippen LogP contribution >= 0.6 is 7.82 Å². The lowest BCUT2D eigenvalue weighted by Gasteiger charge is -2.20. The summed E-state index contributed by atoms with van der Waals surface area (Å²) >= 11 is 0. The van der Waals surface area contributed by atoms with Gasteiger partial charge in [-0.2, -0.15) is 4.57 Å². The Balaban J connectivity index is 1.93. The zero-order valence-electron chi connectivity index (χ0n) is 14.8. The molecule has 0 saturated heterocycles.